The van der Waals surface area contributed by atoms with Crippen molar-refractivity contribution < 1.29 is 9.53 Å². The van der Waals surface area contributed by atoms with E-state index >= 15 is 0 Å². The van der Waals surface area contributed by atoms with Crippen molar-refractivity contribution in [2.24, 2.45) is 0 Å². The summed E-state index contributed by atoms with van der Waals surface area (Å²) in [6.07, 6.45) is 1.86. The van der Waals surface area contributed by atoms with Crippen molar-refractivity contribution in [3.63, 3.8) is 0 Å². The number of aromatic nitrogens is 2. The fourth-order valence-electron chi connectivity index (χ4n) is 2.05. The first-order valence-corrected chi connectivity index (χ1v) is 5.01. The standard InChI is InChI=1S/C10H13N3O3/c1-5-3-7(10(15)16-2)13-8(5)12-4-6(11)9(13)14/h4-5,7H,3,11H2,1-2H3/t5-,7+/m1/s1. The minimum Gasteiger partial charge on any atom is -0.467 e. The van der Waals surface area contributed by atoms with Gasteiger partial charge in [0.25, 0.3) is 5.56 Å². The predicted molar refractivity (Wildman–Crippen MR) is 57.0 cm³/mol. The van der Waals surface area contributed by atoms with Gasteiger partial charge in [-0.2, -0.15) is 0 Å². The number of anilines is 1. The Bertz CT molecular complexity index is 495. The van der Waals surface area contributed by atoms with Gasteiger partial charge < -0.3 is 10.5 Å². The largest absolute Gasteiger partial charge is 0.467 e. The third-order valence-electron chi connectivity index (χ3n) is 2.85. The van der Waals surface area contributed by atoms with Crippen molar-refractivity contribution in [2.45, 2.75) is 25.3 Å². The van der Waals surface area contributed by atoms with Crippen molar-refractivity contribution in [3.05, 3.63) is 22.4 Å². The van der Waals surface area contributed by atoms with Gasteiger partial charge in [-0.1, -0.05) is 6.92 Å². The van der Waals surface area contributed by atoms with E-state index in [4.69, 9.17) is 5.73 Å². The van der Waals surface area contributed by atoms with E-state index in [1.165, 1.54) is 17.9 Å². The second-order valence-corrected chi connectivity index (χ2v) is 3.92. The molecule has 0 amide bonds. The molecule has 6 nitrogen and oxygen atoms in total. The molecule has 0 aromatic carbocycles. The highest BCUT2D eigenvalue weighted by atomic mass is 16.5. The first-order valence-electron chi connectivity index (χ1n) is 5.01. The van der Waals surface area contributed by atoms with Crippen LogP contribution in [0.4, 0.5) is 5.69 Å². The summed E-state index contributed by atoms with van der Waals surface area (Å²) in [7, 11) is 1.30. The van der Waals surface area contributed by atoms with Gasteiger partial charge in [0.2, 0.25) is 0 Å². The van der Waals surface area contributed by atoms with Crippen LogP contribution in [0.3, 0.4) is 0 Å². The Labute approximate surface area is 92.0 Å². The van der Waals surface area contributed by atoms with Gasteiger partial charge in [-0.05, 0) is 6.42 Å². The molecule has 0 spiro atoms. The van der Waals surface area contributed by atoms with Gasteiger partial charge in [0, 0.05) is 5.92 Å². The maximum absolute atomic E-state index is 11.8. The maximum atomic E-state index is 11.8. The fourth-order valence-corrected chi connectivity index (χ4v) is 2.05. The second-order valence-electron chi connectivity index (χ2n) is 3.92. The van der Waals surface area contributed by atoms with E-state index < -0.39 is 12.0 Å². The van der Waals surface area contributed by atoms with E-state index in [2.05, 4.69) is 9.72 Å². The smallest absolute Gasteiger partial charge is 0.329 e. The molecule has 16 heavy (non-hydrogen) atoms. The molecule has 2 atom stereocenters. The molecule has 0 fully saturated rings. The van der Waals surface area contributed by atoms with Crippen molar-refractivity contribution >= 4 is 11.7 Å². The molecule has 0 bridgehead atoms. The van der Waals surface area contributed by atoms with Crippen LogP contribution in [-0.4, -0.2) is 22.6 Å². The molecule has 2 rings (SSSR count). The number of methoxy groups -OCH3 is 1. The van der Waals surface area contributed by atoms with E-state index in [1.807, 2.05) is 6.92 Å². The highest BCUT2D eigenvalue weighted by Crippen LogP contribution is 2.33. The molecule has 2 heterocycles. The zero-order chi connectivity index (χ0) is 11.9. The fraction of sp³-hybridized carbons (Fsp3) is 0.500. The first kappa shape index (κ1) is 10.7. The van der Waals surface area contributed by atoms with E-state index in [0.717, 1.165) is 0 Å². The van der Waals surface area contributed by atoms with E-state index in [1.54, 1.807) is 0 Å². The topological polar surface area (TPSA) is 87.2 Å². The van der Waals surface area contributed by atoms with Crippen molar-refractivity contribution in [2.75, 3.05) is 12.8 Å². The Morgan fingerprint density at radius 2 is 2.38 bits per heavy atom. The lowest BCUT2D eigenvalue weighted by molar-refractivity contribution is -0.144. The van der Waals surface area contributed by atoms with E-state index in [-0.39, 0.29) is 17.2 Å². The van der Waals surface area contributed by atoms with Gasteiger partial charge in [-0.15, -0.1) is 0 Å². The number of hydrogen-bond acceptors (Lipinski definition) is 5. The number of fused-ring (bicyclic) bond motifs is 1. The van der Waals surface area contributed by atoms with Crippen LogP contribution in [0, 0.1) is 0 Å². The monoisotopic (exact) mass is 223 g/mol. The molecular weight excluding hydrogens is 210 g/mol. The molecule has 1 aliphatic rings. The summed E-state index contributed by atoms with van der Waals surface area (Å²) in [6.45, 7) is 1.91. The Hall–Kier alpha value is -1.85. The SMILES string of the molecule is COC(=O)[C@@H]1C[C@@H](C)c2ncc(N)c(=O)n21. The number of nitrogen functional groups attached to an aromatic ring is 1. The summed E-state index contributed by atoms with van der Waals surface area (Å²) in [6, 6.07) is -0.599. The first-order chi connectivity index (χ1) is 7.56. The molecule has 0 aliphatic carbocycles. The minimum atomic E-state index is -0.599. The Balaban J connectivity index is 2.59. The summed E-state index contributed by atoms with van der Waals surface area (Å²) >= 11 is 0. The zero-order valence-corrected chi connectivity index (χ0v) is 9.14. The van der Waals surface area contributed by atoms with Crippen LogP contribution in [0.15, 0.2) is 11.0 Å². The highest BCUT2D eigenvalue weighted by molar-refractivity contribution is 5.75. The molecule has 0 saturated carbocycles. The average molecular weight is 223 g/mol. The summed E-state index contributed by atoms with van der Waals surface area (Å²) in [5, 5.41) is 0. The van der Waals surface area contributed by atoms with Gasteiger partial charge in [0.15, 0.2) is 0 Å². The number of ether oxygens (including phenoxy) is 1. The van der Waals surface area contributed by atoms with Gasteiger partial charge >= 0.3 is 5.97 Å². The van der Waals surface area contributed by atoms with Crippen LogP contribution in [0.2, 0.25) is 0 Å². The molecule has 6 heteroatoms. The number of nitrogens with zero attached hydrogens (tertiary/aromatic N) is 2. The maximum Gasteiger partial charge on any atom is 0.329 e. The van der Waals surface area contributed by atoms with Crippen LogP contribution in [0.25, 0.3) is 0 Å². The summed E-state index contributed by atoms with van der Waals surface area (Å²) in [5.74, 6) is 0.215. The lowest BCUT2D eigenvalue weighted by Crippen LogP contribution is -2.30. The molecule has 2 N–H and O–H groups in total. The molecule has 1 aromatic rings. The third-order valence-corrected chi connectivity index (χ3v) is 2.85. The minimum absolute atomic E-state index is 0.0479. The van der Waals surface area contributed by atoms with Crippen LogP contribution in [0.1, 0.15) is 31.1 Å². The lowest BCUT2D eigenvalue weighted by Gasteiger charge is -2.11. The Kier molecular flexibility index (Phi) is 2.41. The third kappa shape index (κ3) is 1.37. The summed E-state index contributed by atoms with van der Waals surface area (Å²) < 4.78 is 6.01. The van der Waals surface area contributed by atoms with Crippen LogP contribution >= 0.6 is 0 Å². The second kappa shape index (κ2) is 3.62. The summed E-state index contributed by atoms with van der Waals surface area (Å²) in [4.78, 5) is 27.5. The van der Waals surface area contributed by atoms with Crippen molar-refractivity contribution in [1.82, 2.24) is 9.55 Å². The van der Waals surface area contributed by atoms with Crippen LogP contribution in [-0.2, 0) is 9.53 Å². The summed E-state index contributed by atoms with van der Waals surface area (Å²) in [5.41, 5.74) is 5.17. The molecule has 0 radical (unpaired) electrons. The van der Waals surface area contributed by atoms with Gasteiger partial charge in [-0.3, -0.25) is 9.36 Å². The predicted octanol–water partition coefficient (Wildman–Crippen LogP) is 0.0468. The lowest BCUT2D eigenvalue weighted by atomic mass is 10.1. The highest BCUT2D eigenvalue weighted by Gasteiger charge is 2.35. The average Bonchev–Trinajstić information content (AvgIpc) is 2.61. The number of carbonyl (C=O) groups excluding carboxylic acids is 1. The normalized spacial score (nSPS) is 22.9. The Morgan fingerprint density at radius 3 is 3.00 bits per heavy atom. The van der Waals surface area contributed by atoms with Crippen molar-refractivity contribution in [1.29, 1.82) is 0 Å². The quantitative estimate of drug-likeness (QED) is 0.679. The van der Waals surface area contributed by atoms with Gasteiger partial charge in [0.1, 0.15) is 17.6 Å². The van der Waals surface area contributed by atoms with Crippen LogP contribution < -0.4 is 11.3 Å². The molecule has 1 aromatic heterocycles. The van der Waals surface area contributed by atoms with Crippen LogP contribution in [0.5, 0.6) is 0 Å². The number of carbonyl (C=O) groups is 1. The van der Waals surface area contributed by atoms with Gasteiger partial charge in [-0.25, -0.2) is 9.78 Å². The van der Waals surface area contributed by atoms with Crippen molar-refractivity contribution in [3.8, 4) is 0 Å². The Morgan fingerprint density at radius 1 is 1.69 bits per heavy atom. The number of hydrogen-bond donors (Lipinski definition) is 1. The molecule has 1 aliphatic heterocycles. The number of nitrogens with two attached hydrogens (primary N) is 1. The van der Waals surface area contributed by atoms with Gasteiger partial charge in [0.05, 0.1) is 13.3 Å². The molecule has 86 valence electrons. The zero-order valence-electron chi connectivity index (χ0n) is 9.14. The number of esters is 1. The van der Waals surface area contributed by atoms with E-state index in [0.29, 0.717) is 12.2 Å². The number of rotatable bonds is 1. The van der Waals surface area contributed by atoms with E-state index in [9.17, 15) is 9.59 Å². The molecule has 0 unspecified atom stereocenters. The molecular formula is C10H13N3O3. The molecule has 0 saturated heterocycles.